The molecule has 0 aromatic heterocycles. The second-order valence-corrected chi connectivity index (χ2v) is 8.42. The molecule has 0 radical (unpaired) electrons. The Labute approximate surface area is 150 Å². The van der Waals surface area contributed by atoms with Crippen LogP contribution in [0.5, 0.6) is 5.75 Å². The first-order chi connectivity index (χ1) is 11.5. The lowest BCUT2D eigenvalue weighted by molar-refractivity contribution is -0.384. The number of ether oxygens (including phenoxy) is 1. The van der Waals surface area contributed by atoms with Crippen molar-refractivity contribution in [2.45, 2.75) is 59.0 Å². The van der Waals surface area contributed by atoms with Crippen molar-refractivity contribution < 1.29 is 9.66 Å². The Bertz CT molecular complexity index is 750. The van der Waals surface area contributed by atoms with Crippen LogP contribution in [-0.2, 0) is 17.4 Å². The van der Waals surface area contributed by atoms with Crippen molar-refractivity contribution in [3.8, 4) is 5.75 Å². The van der Waals surface area contributed by atoms with Crippen LogP contribution in [0.25, 0.3) is 0 Å². The fourth-order valence-corrected chi connectivity index (χ4v) is 2.58. The minimum Gasteiger partial charge on any atom is -0.489 e. The van der Waals surface area contributed by atoms with Crippen molar-refractivity contribution in [3.63, 3.8) is 0 Å². The van der Waals surface area contributed by atoms with Crippen LogP contribution in [0.2, 0.25) is 0 Å². The van der Waals surface area contributed by atoms with Gasteiger partial charge in [-0.15, -0.1) is 0 Å². The highest BCUT2D eigenvalue weighted by Crippen LogP contribution is 2.35. The summed E-state index contributed by atoms with van der Waals surface area (Å²) in [5, 5.41) is 10.7. The third kappa shape index (κ3) is 4.81. The molecule has 0 saturated carbocycles. The molecule has 4 nitrogen and oxygen atoms in total. The number of hydrogen-bond acceptors (Lipinski definition) is 3. The van der Waals surface area contributed by atoms with Crippen molar-refractivity contribution in [1.82, 2.24) is 0 Å². The molecule has 0 saturated heterocycles. The first kappa shape index (κ1) is 19.0. The summed E-state index contributed by atoms with van der Waals surface area (Å²) in [6.07, 6.45) is 0. The summed E-state index contributed by atoms with van der Waals surface area (Å²) in [7, 11) is 0. The zero-order valence-corrected chi connectivity index (χ0v) is 15.9. The van der Waals surface area contributed by atoms with Crippen LogP contribution in [0.1, 0.15) is 58.2 Å². The summed E-state index contributed by atoms with van der Waals surface area (Å²) in [4.78, 5) is 10.3. The van der Waals surface area contributed by atoms with Crippen LogP contribution in [0.3, 0.4) is 0 Å². The fourth-order valence-electron chi connectivity index (χ4n) is 2.58. The predicted molar refractivity (Wildman–Crippen MR) is 101 cm³/mol. The van der Waals surface area contributed by atoms with Gasteiger partial charge in [0.25, 0.3) is 5.69 Å². The molecule has 0 bridgehead atoms. The van der Waals surface area contributed by atoms with E-state index in [0.29, 0.717) is 6.61 Å². The monoisotopic (exact) mass is 341 g/mol. The van der Waals surface area contributed by atoms with Gasteiger partial charge in [0.2, 0.25) is 0 Å². The number of nitro benzene ring substituents is 1. The maximum absolute atomic E-state index is 10.7. The number of nitrogens with zero attached hydrogens (tertiary/aromatic N) is 1. The van der Waals surface area contributed by atoms with Gasteiger partial charge in [0, 0.05) is 12.1 Å². The Kier molecular flexibility index (Phi) is 5.21. The summed E-state index contributed by atoms with van der Waals surface area (Å²) < 4.78 is 6.05. The Hall–Kier alpha value is -2.36. The van der Waals surface area contributed by atoms with Gasteiger partial charge in [-0.05, 0) is 45.7 Å². The van der Waals surface area contributed by atoms with Crippen molar-refractivity contribution in [2.24, 2.45) is 0 Å². The predicted octanol–water partition coefficient (Wildman–Crippen LogP) is 5.77. The van der Waals surface area contributed by atoms with Crippen molar-refractivity contribution in [2.75, 3.05) is 0 Å². The molecule has 2 rings (SSSR count). The minimum absolute atomic E-state index is 0.0356. The van der Waals surface area contributed by atoms with Crippen LogP contribution in [0.15, 0.2) is 42.5 Å². The van der Waals surface area contributed by atoms with Gasteiger partial charge in [0.15, 0.2) is 0 Å². The minimum atomic E-state index is -0.395. The third-order valence-electron chi connectivity index (χ3n) is 4.20. The van der Waals surface area contributed by atoms with E-state index in [1.165, 1.54) is 23.3 Å². The Morgan fingerprint density at radius 3 is 2.00 bits per heavy atom. The lowest BCUT2D eigenvalue weighted by atomic mass is 9.80. The van der Waals surface area contributed by atoms with Gasteiger partial charge >= 0.3 is 0 Å². The zero-order valence-electron chi connectivity index (χ0n) is 15.9. The lowest BCUT2D eigenvalue weighted by Gasteiger charge is -2.27. The van der Waals surface area contributed by atoms with Crippen LogP contribution in [0.4, 0.5) is 5.69 Å². The first-order valence-electron chi connectivity index (χ1n) is 8.49. The van der Waals surface area contributed by atoms with Crippen LogP contribution in [0, 0.1) is 10.1 Å². The van der Waals surface area contributed by atoms with E-state index >= 15 is 0 Å². The molecule has 0 aliphatic heterocycles. The molecule has 0 N–H and O–H groups in total. The molecule has 0 fully saturated rings. The highest BCUT2D eigenvalue weighted by atomic mass is 16.6. The number of rotatable bonds is 4. The quantitative estimate of drug-likeness (QED) is 0.524. The summed E-state index contributed by atoms with van der Waals surface area (Å²) in [5.41, 5.74) is 3.49. The van der Waals surface area contributed by atoms with E-state index in [9.17, 15) is 10.1 Å². The van der Waals surface area contributed by atoms with Gasteiger partial charge in [-0.2, -0.15) is 0 Å². The van der Waals surface area contributed by atoms with E-state index in [1.807, 2.05) is 6.07 Å². The van der Waals surface area contributed by atoms with E-state index in [-0.39, 0.29) is 16.5 Å². The highest BCUT2D eigenvalue weighted by molar-refractivity contribution is 5.43. The van der Waals surface area contributed by atoms with E-state index in [4.69, 9.17) is 4.74 Å². The van der Waals surface area contributed by atoms with Gasteiger partial charge in [-0.1, -0.05) is 53.7 Å². The maximum Gasteiger partial charge on any atom is 0.269 e. The molecule has 134 valence electrons. The zero-order chi connectivity index (χ0) is 18.8. The van der Waals surface area contributed by atoms with Gasteiger partial charge in [-0.25, -0.2) is 0 Å². The van der Waals surface area contributed by atoms with Gasteiger partial charge in [0.1, 0.15) is 12.4 Å². The summed E-state index contributed by atoms with van der Waals surface area (Å²) >= 11 is 0. The molecule has 25 heavy (non-hydrogen) atoms. The molecule has 0 heterocycles. The second kappa shape index (κ2) is 6.87. The van der Waals surface area contributed by atoms with Crippen molar-refractivity contribution in [3.05, 3.63) is 69.3 Å². The number of hydrogen-bond donors (Lipinski definition) is 0. The molecule has 0 unspecified atom stereocenters. The fraction of sp³-hybridized carbons (Fsp3) is 0.429. The molecule has 0 aliphatic carbocycles. The molecule has 0 spiro atoms. The molecule has 2 aromatic carbocycles. The summed E-state index contributed by atoms with van der Waals surface area (Å²) in [6, 6.07) is 12.9. The molecule has 0 amide bonds. The second-order valence-electron chi connectivity index (χ2n) is 8.42. The number of benzene rings is 2. The topological polar surface area (TPSA) is 52.4 Å². The van der Waals surface area contributed by atoms with E-state index in [2.05, 4.69) is 53.7 Å². The van der Waals surface area contributed by atoms with Crippen LogP contribution < -0.4 is 4.74 Å². The summed E-state index contributed by atoms with van der Waals surface area (Å²) in [5.74, 6) is 0.860. The third-order valence-corrected chi connectivity index (χ3v) is 4.20. The normalized spacial score (nSPS) is 12.1. The molecular weight excluding hydrogens is 314 g/mol. The van der Waals surface area contributed by atoms with E-state index in [1.54, 1.807) is 12.1 Å². The smallest absolute Gasteiger partial charge is 0.269 e. The molecule has 0 aliphatic rings. The average molecular weight is 341 g/mol. The molecular formula is C21H27NO3. The van der Waals surface area contributed by atoms with Gasteiger partial charge < -0.3 is 4.74 Å². The van der Waals surface area contributed by atoms with Gasteiger partial charge in [0.05, 0.1) is 4.92 Å². The first-order valence-corrected chi connectivity index (χ1v) is 8.49. The van der Waals surface area contributed by atoms with Gasteiger partial charge in [-0.3, -0.25) is 10.1 Å². The lowest BCUT2D eigenvalue weighted by Crippen LogP contribution is -2.17. The molecule has 4 heteroatoms. The van der Waals surface area contributed by atoms with E-state index in [0.717, 1.165) is 11.3 Å². The average Bonchev–Trinajstić information content (AvgIpc) is 2.51. The summed E-state index contributed by atoms with van der Waals surface area (Å²) in [6.45, 7) is 13.5. The maximum atomic E-state index is 10.7. The number of nitro groups is 1. The van der Waals surface area contributed by atoms with Crippen molar-refractivity contribution in [1.29, 1.82) is 0 Å². The van der Waals surface area contributed by atoms with Crippen molar-refractivity contribution >= 4 is 5.69 Å². The largest absolute Gasteiger partial charge is 0.489 e. The Morgan fingerprint density at radius 1 is 0.920 bits per heavy atom. The SMILES string of the molecule is CC(C)(C)c1ccc(OCc2ccc([N+](=O)[O-])cc2)c(C(C)(C)C)c1. The van der Waals surface area contributed by atoms with Crippen LogP contribution in [-0.4, -0.2) is 4.92 Å². The number of non-ortho nitro benzene ring substituents is 1. The standard InChI is InChI=1S/C21H27NO3/c1-20(2,3)16-9-12-19(18(13-16)21(4,5)6)25-14-15-7-10-17(11-8-15)22(23)24/h7-13H,14H2,1-6H3. The molecule has 2 aromatic rings. The van der Waals surface area contributed by atoms with E-state index < -0.39 is 4.92 Å². The Balaban J connectivity index is 2.25. The van der Waals surface area contributed by atoms with Crippen LogP contribution >= 0.6 is 0 Å². The molecule has 0 atom stereocenters. The highest BCUT2D eigenvalue weighted by Gasteiger charge is 2.23. The Morgan fingerprint density at radius 2 is 1.52 bits per heavy atom.